The van der Waals surface area contributed by atoms with Crippen LogP contribution in [0.4, 0.5) is 0 Å². The summed E-state index contributed by atoms with van der Waals surface area (Å²) < 4.78 is 6.56. The third kappa shape index (κ3) is 3.52. The number of amidine groups is 1. The van der Waals surface area contributed by atoms with E-state index in [1.165, 1.54) is 0 Å². The van der Waals surface area contributed by atoms with Crippen molar-refractivity contribution in [2.75, 3.05) is 6.61 Å². The first kappa shape index (κ1) is 13.0. The number of nitrogens with one attached hydrogen (secondary N) is 1. The van der Waals surface area contributed by atoms with Crippen molar-refractivity contribution in [1.82, 2.24) is 0 Å². The summed E-state index contributed by atoms with van der Waals surface area (Å²) in [5.41, 5.74) is 5.19. The first-order valence-electron chi connectivity index (χ1n) is 5.15. The highest BCUT2D eigenvalue weighted by Gasteiger charge is 2.21. The zero-order valence-electron chi connectivity index (χ0n) is 9.59. The monoisotopic (exact) mass is 284 g/mol. The van der Waals surface area contributed by atoms with Crippen LogP contribution in [0.15, 0.2) is 28.7 Å². The maximum absolute atomic E-state index is 7.44. The fourth-order valence-corrected chi connectivity index (χ4v) is 1.51. The Morgan fingerprint density at radius 2 is 2.06 bits per heavy atom. The average Bonchev–Trinajstić information content (AvgIpc) is 2.20. The number of halogens is 1. The van der Waals surface area contributed by atoms with Crippen LogP contribution in [0.3, 0.4) is 0 Å². The Bertz CT molecular complexity index is 377. The van der Waals surface area contributed by atoms with Gasteiger partial charge >= 0.3 is 0 Å². The Labute approximate surface area is 105 Å². The topological polar surface area (TPSA) is 59.1 Å². The van der Waals surface area contributed by atoms with E-state index in [-0.39, 0.29) is 11.3 Å². The van der Waals surface area contributed by atoms with Gasteiger partial charge in [-0.1, -0.05) is 26.0 Å². The molecular weight excluding hydrogens is 268 g/mol. The molecule has 0 bridgehead atoms. The number of benzene rings is 1. The predicted octanol–water partition coefficient (Wildman–Crippen LogP) is 3.18. The van der Waals surface area contributed by atoms with Gasteiger partial charge in [0.25, 0.3) is 0 Å². The zero-order chi connectivity index (χ0) is 12.2. The van der Waals surface area contributed by atoms with Crippen LogP contribution in [-0.4, -0.2) is 12.4 Å². The second kappa shape index (κ2) is 5.34. The number of hydrogen-bond donors (Lipinski definition) is 2. The van der Waals surface area contributed by atoms with Gasteiger partial charge in [0.15, 0.2) is 0 Å². The molecule has 3 nitrogen and oxygen atoms in total. The lowest BCUT2D eigenvalue weighted by atomic mass is 9.88. The van der Waals surface area contributed by atoms with Crippen LogP contribution in [0.1, 0.15) is 20.3 Å². The van der Waals surface area contributed by atoms with Crippen molar-refractivity contribution in [3.8, 4) is 5.75 Å². The summed E-state index contributed by atoms with van der Waals surface area (Å²) in [5, 5.41) is 7.44. The molecule has 1 rings (SSSR count). The molecule has 0 aliphatic heterocycles. The minimum atomic E-state index is -0.304. The van der Waals surface area contributed by atoms with E-state index in [2.05, 4.69) is 15.9 Å². The number of ether oxygens (including phenoxy) is 1. The van der Waals surface area contributed by atoms with Crippen LogP contribution in [0, 0.1) is 10.8 Å². The van der Waals surface area contributed by atoms with E-state index in [4.69, 9.17) is 15.9 Å². The Kier molecular flexibility index (Phi) is 4.35. The van der Waals surface area contributed by atoms with Crippen molar-refractivity contribution >= 4 is 21.8 Å². The van der Waals surface area contributed by atoms with Gasteiger partial charge in [0, 0.05) is 5.41 Å². The molecular formula is C12H17BrN2O. The maximum Gasteiger partial charge on any atom is 0.133 e. The first-order valence-corrected chi connectivity index (χ1v) is 5.94. The van der Waals surface area contributed by atoms with Crippen LogP contribution in [0.25, 0.3) is 0 Å². The Morgan fingerprint density at radius 1 is 1.44 bits per heavy atom. The molecule has 0 aliphatic rings. The molecule has 0 unspecified atom stereocenters. The van der Waals surface area contributed by atoms with Gasteiger partial charge in [-0.3, -0.25) is 5.41 Å². The van der Waals surface area contributed by atoms with Crippen molar-refractivity contribution in [3.05, 3.63) is 28.7 Å². The Hall–Kier alpha value is -1.03. The van der Waals surface area contributed by atoms with E-state index in [0.717, 1.165) is 16.6 Å². The highest BCUT2D eigenvalue weighted by molar-refractivity contribution is 9.10. The molecule has 0 spiro atoms. The number of hydrogen-bond acceptors (Lipinski definition) is 2. The standard InChI is InChI=1S/C12H17BrN2O/c1-12(2,11(14)15)7-8-16-10-6-4-3-5-9(10)13/h3-6H,7-8H2,1-2H3,(H3,14,15). The van der Waals surface area contributed by atoms with Crippen molar-refractivity contribution in [2.24, 2.45) is 11.1 Å². The van der Waals surface area contributed by atoms with Crippen LogP contribution in [0.5, 0.6) is 5.75 Å². The number of para-hydroxylation sites is 1. The van der Waals surface area contributed by atoms with Gasteiger partial charge in [-0.05, 0) is 34.5 Å². The van der Waals surface area contributed by atoms with Gasteiger partial charge in [0.1, 0.15) is 5.75 Å². The molecule has 0 saturated carbocycles. The molecule has 0 aliphatic carbocycles. The van der Waals surface area contributed by atoms with E-state index in [9.17, 15) is 0 Å². The summed E-state index contributed by atoms with van der Waals surface area (Å²) in [6, 6.07) is 7.71. The summed E-state index contributed by atoms with van der Waals surface area (Å²) in [5.74, 6) is 1.02. The number of nitrogens with two attached hydrogens (primary N) is 1. The van der Waals surface area contributed by atoms with E-state index >= 15 is 0 Å². The van der Waals surface area contributed by atoms with Crippen molar-refractivity contribution in [1.29, 1.82) is 5.41 Å². The van der Waals surface area contributed by atoms with Gasteiger partial charge in [-0.15, -0.1) is 0 Å². The molecule has 0 atom stereocenters. The zero-order valence-corrected chi connectivity index (χ0v) is 11.2. The molecule has 0 heterocycles. The van der Waals surface area contributed by atoms with Gasteiger partial charge < -0.3 is 10.5 Å². The normalized spacial score (nSPS) is 11.2. The quantitative estimate of drug-likeness (QED) is 0.644. The second-order valence-electron chi connectivity index (χ2n) is 4.33. The van der Waals surface area contributed by atoms with Crippen molar-refractivity contribution in [2.45, 2.75) is 20.3 Å². The lowest BCUT2D eigenvalue weighted by Crippen LogP contribution is -2.32. The van der Waals surface area contributed by atoms with E-state index in [0.29, 0.717) is 6.61 Å². The molecule has 0 saturated heterocycles. The van der Waals surface area contributed by atoms with E-state index < -0.39 is 0 Å². The van der Waals surface area contributed by atoms with Crippen LogP contribution in [-0.2, 0) is 0 Å². The first-order chi connectivity index (χ1) is 7.43. The maximum atomic E-state index is 7.44. The molecule has 1 aromatic carbocycles. The summed E-state index contributed by atoms with van der Waals surface area (Å²) in [4.78, 5) is 0. The summed E-state index contributed by atoms with van der Waals surface area (Å²) in [7, 11) is 0. The molecule has 88 valence electrons. The van der Waals surface area contributed by atoms with Crippen LogP contribution < -0.4 is 10.5 Å². The molecule has 0 radical (unpaired) electrons. The predicted molar refractivity (Wildman–Crippen MR) is 69.9 cm³/mol. The Balaban J connectivity index is 2.48. The van der Waals surface area contributed by atoms with E-state index in [1.54, 1.807) is 0 Å². The van der Waals surface area contributed by atoms with Gasteiger partial charge in [0.05, 0.1) is 16.9 Å². The lowest BCUT2D eigenvalue weighted by Gasteiger charge is -2.22. The molecule has 0 aromatic heterocycles. The highest BCUT2D eigenvalue weighted by Crippen LogP contribution is 2.25. The molecule has 3 N–H and O–H groups in total. The molecule has 0 amide bonds. The minimum Gasteiger partial charge on any atom is -0.492 e. The van der Waals surface area contributed by atoms with Crippen molar-refractivity contribution < 1.29 is 4.74 Å². The minimum absolute atomic E-state index is 0.197. The smallest absolute Gasteiger partial charge is 0.133 e. The number of rotatable bonds is 5. The van der Waals surface area contributed by atoms with E-state index in [1.807, 2.05) is 38.1 Å². The van der Waals surface area contributed by atoms with Crippen LogP contribution in [0.2, 0.25) is 0 Å². The second-order valence-corrected chi connectivity index (χ2v) is 5.18. The Morgan fingerprint density at radius 3 is 2.62 bits per heavy atom. The summed E-state index contributed by atoms with van der Waals surface area (Å²) in [6.45, 7) is 4.44. The molecule has 16 heavy (non-hydrogen) atoms. The van der Waals surface area contributed by atoms with Gasteiger partial charge in [-0.25, -0.2) is 0 Å². The van der Waals surface area contributed by atoms with Gasteiger partial charge in [0.2, 0.25) is 0 Å². The summed E-state index contributed by atoms with van der Waals surface area (Å²) >= 11 is 3.41. The third-order valence-corrected chi connectivity index (χ3v) is 3.21. The molecule has 0 fully saturated rings. The average molecular weight is 285 g/mol. The SMILES string of the molecule is CC(C)(CCOc1ccccc1Br)C(=N)N. The largest absolute Gasteiger partial charge is 0.492 e. The fourth-order valence-electron chi connectivity index (χ4n) is 1.11. The van der Waals surface area contributed by atoms with Gasteiger partial charge in [-0.2, -0.15) is 0 Å². The fraction of sp³-hybridized carbons (Fsp3) is 0.417. The third-order valence-electron chi connectivity index (χ3n) is 2.55. The van der Waals surface area contributed by atoms with Crippen LogP contribution >= 0.6 is 15.9 Å². The highest BCUT2D eigenvalue weighted by atomic mass is 79.9. The van der Waals surface area contributed by atoms with Crippen molar-refractivity contribution in [3.63, 3.8) is 0 Å². The molecule has 1 aromatic rings. The summed E-state index contributed by atoms with van der Waals surface area (Å²) in [6.07, 6.45) is 0.726. The lowest BCUT2D eigenvalue weighted by molar-refractivity contribution is 0.267. The molecule has 4 heteroatoms.